The van der Waals surface area contributed by atoms with Crippen molar-refractivity contribution in [1.82, 2.24) is 4.90 Å². The molecule has 2 saturated heterocycles. The van der Waals surface area contributed by atoms with Crippen LogP contribution in [0.2, 0.25) is 0 Å². The first-order valence-corrected chi connectivity index (χ1v) is 12.8. The van der Waals surface area contributed by atoms with Crippen molar-refractivity contribution in [2.45, 2.75) is 103 Å². The Morgan fingerprint density at radius 3 is 2.17 bits per heavy atom. The summed E-state index contributed by atoms with van der Waals surface area (Å²) in [6, 6.07) is 8.14. The van der Waals surface area contributed by atoms with Gasteiger partial charge in [0, 0.05) is 44.0 Å². The molecule has 170 valence electrons. The van der Waals surface area contributed by atoms with Gasteiger partial charge in [-0.3, -0.25) is 0 Å². The van der Waals surface area contributed by atoms with Gasteiger partial charge in [-0.15, -0.1) is 0 Å². The predicted octanol–water partition coefficient (Wildman–Crippen LogP) is 5.38. The van der Waals surface area contributed by atoms with E-state index in [0.29, 0.717) is 6.04 Å². The molecule has 1 spiro atoms. The van der Waals surface area contributed by atoms with Gasteiger partial charge in [0.2, 0.25) is 0 Å². The summed E-state index contributed by atoms with van der Waals surface area (Å²) in [5, 5.41) is 0. The van der Waals surface area contributed by atoms with Gasteiger partial charge in [0.05, 0.1) is 0 Å². The summed E-state index contributed by atoms with van der Waals surface area (Å²) in [6.45, 7) is 12.6. The zero-order valence-corrected chi connectivity index (χ0v) is 20.0. The Bertz CT molecular complexity index is 642. The highest BCUT2D eigenvalue weighted by Crippen LogP contribution is 2.42. The van der Waals surface area contributed by atoms with Crippen LogP contribution in [0.5, 0.6) is 5.75 Å². The first kappa shape index (κ1) is 23.4. The molecule has 0 atom stereocenters. The van der Waals surface area contributed by atoms with Crippen molar-refractivity contribution in [2.24, 2.45) is 5.73 Å². The molecule has 4 heteroatoms. The predicted molar refractivity (Wildman–Crippen MR) is 129 cm³/mol. The molecule has 0 amide bonds. The minimum Gasteiger partial charge on any atom is -0.487 e. The molecule has 0 aromatic heterocycles. The van der Waals surface area contributed by atoms with E-state index in [-0.39, 0.29) is 5.60 Å². The summed E-state index contributed by atoms with van der Waals surface area (Å²) < 4.78 is 6.63. The molecule has 0 unspecified atom stereocenters. The topological polar surface area (TPSA) is 41.7 Å². The van der Waals surface area contributed by atoms with Crippen LogP contribution in [0.3, 0.4) is 0 Å². The quantitative estimate of drug-likeness (QED) is 0.704. The zero-order valence-electron chi connectivity index (χ0n) is 20.0. The number of ether oxygens (including phenoxy) is 1. The molecule has 1 aromatic rings. The fourth-order valence-corrected chi connectivity index (χ4v) is 5.26. The number of piperidine rings is 2. The van der Waals surface area contributed by atoms with E-state index in [1.54, 1.807) is 0 Å². The van der Waals surface area contributed by atoms with Gasteiger partial charge in [0.25, 0.3) is 0 Å². The Balaban J connectivity index is 0.000000606. The van der Waals surface area contributed by atoms with Crippen LogP contribution in [0, 0.1) is 0 Å². The number of anilines is 1. The van der Waals surface area contributed by atoms with Crippen LogP contribution in [0.15, 0.2) is 18.2 Å². The smallest absolute Gasteiger partial charge is 0.123 e. The summed E-state index contributed by atoms with van der Waals surface area (Å²) in [5.41, 5.74) is 8.92. The highest BCUT2D eigenvalue weighted by atomic mass is 16.5. The van der Waals surface area contributed by atoms with Crippen LogP contribution < -0.4 is 15.4 Å². The van der Waals surface area contributed by atoms with E-state index in [1.165, 1.54) is 69.3 Å². The van der Waals surface area contributed by atoms with E-state index in [4.69, 9.17) is 10.5 Å². The van der Waals surface area contributed by atoms with Crippen LogP contribution in [-0.2, 0) is 6.42 Å². The Morgan fingerprint density at radius 1 is 0.900 bits per heavy atom. The Morgan fingerprint density at radius 2 is 1.57 bits per heavy atom. The van der Waals surface area contributed by atoms with Gasteiger partial charge in [-0.25, -0.2) is 0 Å². The van der Waals surface area contributed by atoms with Gasteiger partial charge in [-0.05, 0) is 75.1 Å². The van der Waals surface area contributed by atoms with Crippen LogP contribution in [0.1, 0.15) is 84.6 Å². The van der Waals surface area contributed by atoms with E-state index in [0.717, 1.165) is 37.7 Å². The molecule has 30 heavy (non-hydrogen) atoms. The fourth-order valence-electron chi connectivity index (χ4n) is 5.26. The molecular formula is C26H45N3O. The third-order valence-corrected chi connectivity index (χ3v) is 7.43. The Labute approximate surface area is 185 Å². The lowest BCUT2D eigenvalue weighted by Crippen LogP contribution is -2.53. The van der Waals surface area contributed by atoms with Crippen LogP contribution in [-0.4, -0.2) is 48.8 Å². The number of aryl methyl sites for hydroxylation is 1. The van der Waals surface area contributed by atoms with Gasteiger partial charge in [0.1, 0.15) is 11.4 Å². The number of fused-ring (bicyclic) bond motifs is 1. The summed E-state index contributed by atoms with van der Waals surface area (Å²) in [6.07, 6.45) is 11.2. The Hall–Kier alpha value is -1.26. The maximum absolute atomic E-state index is 6.63. The SMILES string of the molecule is CC.CC.NC1CCN(c2ccc3c(c2)CCC2(CCN(C4CCC4)CC2)O3)CC1. The summed E-state index contributed by atoms with van der Waals surface area (Å²) in [5.74, 6) is 1.14. The molecule has 4 nitrogen and oxygen atoms in total. The number of benzene rings is 1. The average molecular weight is 416 g/mol. The summed E-state index contributed by atoms with van der Waals surface area (Å²) in [4.78, 5) is 5.21. The lowest BCUT2D eigenvalue weighted by molar-refractivity contribution is -0.0336. The first-order chi connectivity index (χ1) is 14.7. The molecule has 3 fully saturated rings. The molecule has 3 heterocycles. The molecule has 0 bridgehead atoms. The summed E-state index contributed by atoms with van der Waals surface area (Å²) in [7, 11) is 0. The lowest BCUT2D eigenvalue weighted by Gasteiger charge is -2.48. The van der Waals surface area contributed by atoms with Crippen LogP contribution in [0.25, 0.3) is 0 Å². The van der Waals surface area contributed by atoms with Crippen LogP contribution in [0.4, 0.5) is 5.69 Å². The number of likely N-dealkylation sites (tertiary alicyclic amines) is 1. The van der Waals surface area contributed by atoms with E-state index < -0.39 is 0 Å². The van der Waals surface area contributed by atoms with Gasteiger partial charge >= 0.3 is 0 Å². The van der Waals surface area contributed by atoms with Crippen molar-refractivity contribution in [1.29, 1.82) is 0 Å². The highest BCUT2D eigenvalue weighted by Gasteiger charge is 2.41. The number of hydrogen-bond acceptors (Lipinski definition) is 4. The maximum atomic E-state index is 6.63. The number of nitrogens with zero attached hydrogens (tertiary/aromatic N) is 2. The van der Waals surface area contributed by atoms with Crippen molar-refractivity contribution >= 4 is 5.69 Å². The molecule has 1 aromatic carbocycles. The van der Waals surface area contributed by atoms with Crippen molar-refractivity contribution in [3.8, 4) is 5.75 Å². The van der Waals surface area contributed by atoms with E-state index in [1.807, 2.05) is 27.7 Å². The standard InChI is InChI=1S/C22H33N3O.2C2H6/c23-18-7-12-24(13-8-18)20-4-5-21-17(16-20)6-9-22(26-21)10-14-25(15-11-22)19-2-1-3-19;2*1-2/h4-5,16,18-19H,1-3,6-15,23H2;2*1-2H3. The van der Waals surface area contributed by atoms with Crippen molar-refractivity contribution in [2.75, 3.05) is 31.1 Å². The van der Waals surface area contributed by atoms with Crippen LogP contribution >= 0.6 is 0 Å². The average Bonchev–Trinajstić information content (AvgIpc) is 2.77. The molecule has 1 saturated carbocycles. The van der Waals surface area contributed by atoms with Crippen molar-refractivity contribution in [3.63, 3.8) is 0 Å². The minimum absolute atomic E-state index is 0.104. The van der Waals surface area contributed by atoms with Gasteiger partial charge in [-0.2, -0.15) is 0 Å². The molecular weight excluding hydrogens is 370 g/mol. The second kappa shape index (κ2) is 10.9. The molecule has 2 N–H and O–H groups in total. The lowest BCUT2D eigenvalue weighted by atomic mass is 9.81. The molecule has 5 rings (SSSR count). The van der Waals surface area contributed by atoms with Gasteiger partial charge in [-0.1, -0.05) is 34.1 Å². The number of hydrogen-bond donors (Lipinski definition) is 1. The largest absolute Gasteiger partial charge is 0.487 e. The third kappa shape index (κ3) is 5.13. The maximum Gasteiger partial charge on any atom is 0.123 e. The second-order valence-corrected chi connectivity index (χ2v) is 9.02. The first-order valence-electron chi connectivity index (χ1n) is 12.8. The number of rotatable bonds is 2. The zero-order chi connectivity index (χ0) is 21.6. The van der Waals surface area contributed by atoms with E-state index in [9.17, 15) is 0 Å². The minimum atomic E-state index is 0.104. The monoisotopic (exact) mass is 415 g/mol. The third-order valence-electron chi connectivity index (χ3n) is 7.43. The number of nitrogens with two attached hydrogens (primary N) is 1. The molecule has 3 aliphatic heterocycles. The van der Waals surface area contributed by atoms with Gasteiger partial charge in [0.15, 0.2) is 0 Å². The Kier molecular flexibility index (Phi) is 8.47. The molecule has 0 radical (unpaired) electrons. The van der Waals surface area contributed by atoms with E-state index in [2.05, 4.69) is 28.0 Å². The van der Waals surface area contributed by atoms with Crippen molar-refractivity contribution in [3.05, 3.63) is 23.8 Å². The molecule has 1 aliphatic carbocycles. The van der Waals surface area contributed by atoms with E-state index >= 15 is 0 Å². The van der Waals surface area contributed by atoms with Crippen molar-refractivity contribution < 1.29 is 4.74 Å². The highest BCUT2D eigenvalue weighted by molar-refractivity contribution is 5.54. The summed E-state index contributed by atoms with van der Waals surface area (Å²) >= 11 is 0. The molecule has 4 aliphatic rings. The fraction of sp³-hybridized carbons (Fsp3) is 0.769. The second-order valence-electron chi connectivity index (χ2n) is 9.02. The van der Waals surface area contributed by atoms with Gasteiger partial charge < -0.3 is 20.3 Å². The normalized spacial score (nSPS) is 23.8.